The van der Waals surface area contributed by atoms with Gasteiger partial charge in [0.1, 0.15) is 5.75 Å². The second-order valence-corrected chi connectivity index (χ2v) is 3.97. The van der Waals surface area contributed by atoms with E-state index in [9.17, 15) is 0 Å². The number of benzene rings is 1. The second-order valence-electron chi connectivity index (χ2n) is 2.77. The molecule has 0 atom stereocenters. The summed E-state index contributed by atoms with van der Waals surface area (Å²) in [6.45, 7) is 0. The van der Waals surface area contributed by atoms with Crippen LogP contribution in [0, 0.1) is 0 Å². The Bertz CT molecular complexity index is 323. The van der Waals surface area contributed by atoms with Gasteiger partial charge in [-0.05, 0) is 30.2 Å². The summed E-state index contributed by atoms with van der Waals surface area (Å²) >= 11 is 9.37. The summed E-state index contributed by atoms with van der Waals surface area (Å²) in [4.78, 5) is 0. The summed E-state index contributed by atoms with van der Waals surface area (Å²) in [7, 11) is 1.65. The lowest BCUT2D eigenvalue weighted by molar-refractivity contribution is 0.414. The summed E-state index contributed by atoms with van der Waals surface area (Å²) in [5, 5.41) is 1.71. The van der Waals surface area contributed by atoms with E-state index < -0.39 is 0 Å². The van der Waals surface area contributed by atoms with Gasteiger partial charge in [-0.1, -0.05) is 39.7 Å². The topological polar surface area (TPSA) is 9.23 Å². The van der Waals surface area contributed by atoms with Crippen LogP contribution in [0.3, 0.4) is 0 Å². The Morgan fingerprint density at radius 1 is 1.50 bits per heavy atom. The van der Waals surface area contributed by atoms with Gasteiger partial charge < -0.3 is 4.74 Å². The predicted octanol–water partition coefficient (Wildman–Crippen LogP) is 4.15. The van der Waals surface area contributed by atoms with E-state index >= 15 is 0 Å². The SMILES string of the molecule is COc1ccc(Cl)c(C=CCCBr)c1. The second kappa shape index (κ2) is 6.10. The Labute approximate surface area is 97.9 Å². The van der Waals surface area contributed by atoms with Gasteiger partial charge in [-0.3, -0.25) is 0 Å². The average molecular weight is 276 g/mol. The van der Waals surface area contributed by atoms with Gasteiger partial charge >= 0.3 is 0 Å². The highest BCUT2D eigenvalue weighted by molar-refractivity contribution is 9.09. The number of allylic oxidation sites excluding steroid dienone is 1. The third kappa shape index (κ3) is 3.35. The summed E-state index contributed by atoms with van der Waals surface area (Å²) in [5.74, 6) is 0.827. The van der Waals surface area contributed by atoms with Gasteiger partial charge in [0.25, 0.3) is 0 Å². The standard InChI is InChI=1S/C11H12BrClO/c1-14-10-5-6-11(13)9(8-10)4-2-3-7-12/h2,4-6,8H,3,7H2,1H3. The van der Waals surface area contributed by atoms with Crippen molar-refractivity contribution in [2.45, 2.75) is 6.42 Å². The maximum atomic E-state index is 6.01. The lowest BCUT2D eigenvalue weighted by Gasteiger charge is -2.02. The molecule has 1 nitrogen and oxygen atoms in total. The highest BCUT2D eigenvalue weighted by atomic mass is 79.9. The van der Waals surface area contributed by atoms with Crippen molar-refractivity contribution in [2.75, 3.05) is 12.4 Å². The van der Waals surface area contributed by atoms with E-state index in [0.717, 1.165) is 28.1 Å². The zero-order valence-electron chi connectivity index (χ0n) is 7.97. The molecule has 0 saturated carbocycles. The van der Waals surface area contributed by atoms with Crippen LogP contribution in [0.5, 0.6) is 5.75 Å². The molecule has 0 spiro atoms. The summed E-state index contributed by atoms with van der Waals surface area (Å²) in [5.41, 5.74) is 0.993. The molecule has 0 bridgehead atoms. The van der Waals surface area contributed by atoms with E-state index in [1.807, 2.05) is 24.3 Å². The third-order valence-corrected chi connectivity index (χ3v) is 2.58. The van der Waals surface area contributed by atoms with Crippen molar-refractivity contribution in [2.24, 2.45) is 0 Å². The van der Waals surface area contributed by atoms with E-state index in [0.29, 0.717) is 0 Å². The maximum Gasteiger partial charge on any atom is 0.119 e. The number of alkyl halides is 1. The van der Waals surface area contributed by atoms with E-state index in [-0.39, 0.29) is 0 Å². The van der Waals surface area contributed by atoms with Crippen molar-refractivity contribution in [1.82, 2.24) is 0 Å². The molecule has 0 N–H and O–H groups in total. The Kier molecular flexibility index (Phi) is 5.05. The molecular weight excluding hydrogens is 263 g/mol. The molecule has 0 heterocycles. The molecule has 0 aromatic heterocycles. The van der Waals surface area contributed by atoms with Crippen LogP contribution < -0.4 is 4.74 Å². The number of rotatable bonds is 4. The molecule has 0 fully saturated rings. The van der Waals surface area contributed by atoms with Crippen LogP contribution in [0.2, 0.25) is 5.02 Å². The van der Waals surface area contributed by atoms with Crippen molar-refractivity contribution >= 4 is 33.6 Å². The fourth-order valence-electron chi connectivity index (χ4n) is 1.05. The molecule has 14 heavy (non-hydrogen) atoms. The summed E-state index contributed by atoms with van der Waals surface area (Å²) in [6, 6.07) is 5.62. The molecule has 0 unspecified atom stereocenters. The fraction of sp³-hybridized carbons (Fsp3) is 0.273. The first-order valence-corrected chi connectivity index (χ1v) is 5.84. The average Bonchev–Trinajstić information content (AvgIpc) is 2.21. The quantitative estimate of drug-likeness (QED) is 0.750. The predicted molar refractivity (Wildman–Crippen MR) is 65.4 cm³/mol. The van der Waals surface area contributed by atoms with Crippen LogP contribution in [-0.2, 0) is 0 Å². The molecule has 0 saturated heterocycles. The van der Waals surface area contributed by atoms with Gasteiger partial charge in [-0.2, -0.15) is 0 Å². The minimum absolute atomic E-state index is 0.747. The third-order valence-electron chi connectivity index (χ3n) is 1.78. The van der Waals surface area contributed by atoms with E-state index in [2.05, 4.69) is 22.0 Å². The molecule has 0 aliphatic rings. The van der Waals surface area contributed by atoms with Crippen LogP contribution in [0.15, 0.2) is 24.3 Å². The van der Waals surface area contributed by atoms with E-state index in [1.54, 1.807) is 7.11 Å². The lowest BCUT2D eigenvalue weighted by atomic mass is 10.2. The molecule has 0 aliphatic heterocycles. The van der Waals surface area contributed by atoms with Gasteiger partial charge in [0.15, 0.2) is 0 Å². The number of methoxy groups -OCH3 is 1. The number of hydrogen-bond donors (Lipinski definition) is 0. The number of halogens is 2. The first-order valence-electron chi connectivity index (χ1n) is 4.34. The van der Waals surface area contributed by atoms with Gasteiger partial charge in [0, 0.05) is 10.4 Å². The molecule has 0 radical (unpaired) electrons. The monoisotopic (exact) mass is 274 g/mol. The Hall–Kier alpha value is -0.470. The van der Waals surface area contributed by atoms with Gasteiger partial charge in [0.05, 0.1) is 7.11 Å². The Balaban J connectivity index is 2.83. The Morgan fingerprint density at radius 3 is 2.93 bits per heavy atom. The minimum atomic E-state index is 0.747. The zero-order valence-corrected chi connectivity index (χ0v) is 10.3. The molecule has 0 aliphatic carbocycles. The van der Waals surface area contributed by atoms with Crippen molar-refractivity contribution in [1.29, 1.82) is 0 Å². The number of ether oxygens (including phenoxy) is 1. The van der Waals surface area contributed by atoms with Gasteiger partial charge in [-0.25, -0.2) is 0 Å². The molecule has 1 rings (SSSR count). The lowest BCUT2D eigenvalue weighted by Crippen LogP contribution is -1.83. The van der Waals surface area contributed by atoms with Crippen LogP contribution in [0.1, 0.15) is 12.0 Å². The molecule has 3 heteroatoms. The first kappa shape index (κ1) is 11.6. The van der Waals surface area contributed by atoms with Crippen molar-refractivity contribution in [3.63, 3.8) is 0 Å². The van der Waals surface area contributed by atoms with Crippen LogP contribution >= 0.6 is 27.5 Å². The first-order chi connectivity index (χ1) is 6.77. The highest BCUT2D eigenvalue weighted by Crippen LogP contribution is 2.23. The van der Waals surface area contributed by atoms with Crippen molar-refractivity contribution < 1.29 is 4.74 Å². The molecule has 76 valence electrons. The molecule has 1 aromatic carbocycles. The van der Waals surface area contributed by atoms with E-state index in [4.69, 9.17) is 16.3 Å². The summed E-state index contributed by atoms with van der Waals surface area (Å²) < 4.78 is 5.11. The largest absolute Gasteiger partial charge is 0.497 e. The maximum absolute atomic E-state index is 6.01. The van der Waals surface area contributed by atoms with E-state index in [1.165, 1.54) is 0 Å². The van der Waals surface area contributed by atoms with Gasteiger partial charge in [-0.15, -0.1) is 0 Å². The normalized spacial score (nSPS) is 10.8. The zero-order chi connectivity index (χ0) is 10.4. The molecular formula is C11H12BrClO. The number of hydrogen-bond acceptors (Lipinski definition) is 1. The molecule has 1 aromatic rings. The fourth-order valence-corrected chi connectivity index (χ4v) is 1.49. The minimum Gasteiger partial charge on any atom is -0.497 e. The summed E-state index contributed by atoms with van der Waals surface area (Å²) in [6.07, 6.45) is 5.08. The Morgan fingerprint density at radius 2 is 2.29 bits per heavy atom. The highest BCUT2D eigenvalue weighted by Gasteiger charge is 1.98. The van der Waals surface area contributed by atoms with Gasteiger partial charge in [0.2, 0.25) is 0 Å². The smallest absolute Gasteiger partial charge is 0.119 e. The molecule has 0 amide bonds. The van der Waals surface area contributed by atoms with Crippen LogP contribution in [-0.4, -0.2) is 12.4 Å². The van der Waals surface area contributed by atoms with Crippen molar-refractivity contribution in [3.8, 4) is 5.75 Å². The van der Waals surface area contributed by atoms with Crippen molar-refractivity contribution in [3.05, 3.63) is 34.9 Å². The van der Waals surface area contributed by atoms with Crippen LogP contribution in [0.4, 0.5) is 0 Å². The van der Waals surface area contributed by atoms with Crippen LogP contribution in [0.25, 0.3) is 6.08 Å².